The highest BCUT2D eigenvalue weighted by Crippen LogP contribution is 2.07. The molecule has 1 rings (SSSR count). The summed E-state index contributed by atoms with van der Waals surface area (Å²) in [5.41, 5.74) is 0. The fourth-order valence-electron chi connectivity index (χ4n) is 1.46. The van der Waals surface area contributed by atoms with Crippen molar-refractivity contribution < 1.29 is 13.2 Å². The number of carbonyl (C=O) groups is 1. The lowest BCUT2D eigenvalue weighted by atomic mass is 10.3. The Kier molecular flexibility index (Phi) is 3.49. The van der Waals surface area contributed by atoms with Gasteiger partial charge in [-0.15, -0.1) is 0 Å². The smallest absolute Gasteiger partial charge is 0.219 e. The molecule has 6 heteroatoms. The van der Waals surface area contributed by atoms with Gasteiger partial charge in [0, 0.05) is 33.1 Å². The Morgan fingerprint density at radius 1 is 1.21 bits per heavy atom. The van der Waals surface area contributed by atoms with E-state index in [2.05, 4.69) is 0 Å². The van der Waals surface area contributed by atoms with Crippen LogP contribution in [-0.2, 0) is 14.8 Å². The zero-order chi connectivity index (χ0) is 10.8. The first-order chi connectivity index (χ1) is 6.47. The summed E-state index contributed by atoms with van der Waals surface area (Å²) in [6, 6.07) is 0. The molecular weight excluding hydrogens is 204 g/mol. The highest BCUT2D eigenvalue weighted by molar-refractivity contribution is 7.89. The Morgan fingerprint density at radius 3 is 2.07 bits per heavy atom. The number of amides is 1. The van der Waals surface area contributed by atoms with Gasteiger partial charge in [-0.3, -0.25) is 4.79 Å². The molecular formula is C8H16N2O3S. The SMILES string of the molecule is CCS(=O)(=O)N1CCN(C(C)=O)CC1. The van der Waals surface area contributed by atoms with Gasteiger partial charge in [-0.25, -0.2) is 8.42 Å². The lowest BCUT2D eigenvalue weighted by Crippen LogP contribution is -2.50. The maximum absolute atomic E-state index is 11.5. The fraction of sp³-hybridized carbons (Fsp3) is 0.875. The van der Waals surface area contributed by atoms with Crippen LogP contribution in [0.1, 0.15) is 13.8 Å². The van der Waals surface area contributed by atoms with E-state index in [0.717, 1.165) is 0 Å². The largest absolute Gasteiger partial charge is 0.340 e. The van der Waals surface area contributed by atoms with Gasteiger partial charge in [0.1, 0.15) is 0 Å². The van der Waals surface area contributed by atoms with Crippen LogP contribution in [0.4, 0.5) is 0 Å². The number of rotatable bonds is 2. The lowest BCUT2D eigenvalue weighted by molar-refractivity contribution is -0.129. The highest BCUT2D eigenvalue weighted by atomic mass is 32.2. The van der Waals surface area contributed by atoms with Gasteiger partial charge < -0.3 is 4.90 Å². The van der Waals surface area contributed by atoms with Crippen LogP contribution in [0.25, 0.3) is 0 Å². The maximum atomic E-state index is 11.5. The summed E-state index contributed by atoms with van der Waals surface area (Å²) in [6.07, 6.45) is 0. The summed E-state index contributed by atoms with van der Waals surface area (Å²) in [7, 11) is -3.08. The predicted molar refractivity (Wildman–Crippen MR) is 53.3 cm³/mol. The summed E-state index contributed by atoms with van der Waals surface area (Å²) < 4.78 is 24.4. The van der Waals surface area contributed by atoms with Crippen molar-refractivity contribution in [2.24, 2.45) is 0 Å². The van der Waals surface area contributed by atoms with Crippen molar-refractivity contribution in [2.45, 2.75) is 13.8 Å². The van der Waals surface area contributed by atoms with Gasteiger partial charge in [0.05, 0.1) is 5.75 Å². The first-order valence-corrected chi connectivity index (χ1v) is 6.31. The van der Waals surface area contributed by atoms with E-state index in [1.807, 2.05) is 0 Å². The molecule has 0 N–H and O–H groups in total. The lowest BCUT2D eigenvalue weighted by Gasteiger charge is -2.33. The van der Waals surface area contributed by atoms with Crippen molar-refractivity contribution >= 4 is 15.9 Å². The molecule has 0 atom stereocenters. The average molecular weight is 220 g/mol. The second-order valence-corrected chi connectivity index (χ2v) is 5.56. The summed E-state index contributed by atoms with van der Waals surface area (Å²) >= 11 is 0. The zero-order valence-corrected chi connectivity index (χ0v) is 9.38. The maximum Gasteiger partial charge on any atom is 0.219 e. The number of piperazine rings is 1. The molecule has 0 unspecified atom stereocenters. The Bertz CT molecular complexity index is 305. The molecule has 1 aliphatic rings. The van der Waals surface area contributed by atoms with E-state index >= 15 is 0 Å². The molecule has 1 aliphatic heterocycles. The number of hydrogen-bond donors (Lipinski definition) is 0. The molecule has 0 bridgehead atoms. The summed E-state index contributed by atoms with van der Waals surface area (Å²) in [6.45, 7) is 5.01. The Labute approximate surface area is 84.7 Å². The van der Waals surface area contributed by atoms with Crippen LogP contribution in [0.3, 0.4) is 0 Å². The van der Waals surface area contributed by atoms with E-state index in [1.54, 1.807) is 11.8 Å². The van der Waals surface area contributed by atoms with Gasteiger partial charge in [0.25, 0.3) is 0 Å². The Morgan fingerprint density at radius 2 is 1.71 bits per heavy atom. The van der Waals surface area contributed by atoms with Crippen molar-refractivity contribution in [3.8, 4) is 0 Å². The van der Waals surface area contributed by atoms with Crippen LogP contribution in [0, 0.1) is 0 Å². The molecule has 0 spiro atoms. The Balaban J connectivity index is 2.56. The van der Waals surface area contributed by atoms with Gasteiger partial charge in [0.15, 0.2) is 0 Å². The molecule has 1 fully saturated rings. The first kappa shape index (κ1) is 11.5. The van der Waals surface area contributed by atoms with E-state index in [-0.39, 0.29) is 11.7 Å². The summed E-state index contributed by atoms with van der Waals surface area (Å²) in [4.78, 5) is 12.7. The predicted octanol–water partition coefficient (Wildman–Crippen LogP) is -0.500. The fourth-order valence-corrected chi connectivity index (χ4v) is 2.55. The second-order valence-electron chi connectivity index (χ2n) is 3.31. The topological polar surface area (TPSA) is 57.7 Å². The van der Waals surface area contributed by atoms with E-state index in [1.165, 1.54) is 11.2 Å². The van der Waals surface area contributed by atoms with E-state index < -0.39 is 10.0 Å². The van der Waals surface area contributed by atoms with Gasteiger partial charge >= 0.3 is 0 Å². The van der Waals surface area contributed by atoms with Crippen LogP contribution in [-0.4, -0.2) is 55.5 Å². The molecule has 14 heavy (non-hydrogen) atoms. The standard InChI is InChI=1S/C8H16N2O3S/c1-3-14(12,13)10-6-4-9(5-7-10)8(2)11/h3-7H2,1-2H3. The molecule has 1 saturated heterocycles. The van der Waals surface area contributed by atoms with Crippen molar-refractivity contribution in [3.63, 3.8) is 0 Å². The van der Waals surface area contributed by atoms with Crippen molar-refractivity contribution in [1.82, 2.24) is 9.21 Å². The quantitative estimate of drug-likeness (QED) is 0.630. The van der Waals surface area contributed by atoms with E-state index in [9.17, 15) is 13.2 Å². The third kappa shape index (κ3) is 2.45. The molecule has 1 heterocycles. The van der Waals surface area contributed by atoms with Gasteiger partial charge in [-0.2, -0.15) is 4.31 Å². The van der Waals surface area contributed by atoms with Crippen LogP contribution in [0.5, 0.6) is 0 Å². The van der Waals surface area contributed by atoms with Crippen LogP contribution >= 0.6 is 0 Å². The molecule has 0 aromatic heterocycles. The van der Waals surface area contributed by atoms with Gasteiger partial charge in [-0.05, 0) is 6.92 Å². The molecule has 1 amide bonds. The van der Waals surface area contributed by atoms with Crippen molar-refractivity contribution in [1.29, 1.82) is 0 Å². The summed E-state index contributed by atoms with van der Waals surface area (Å²) in [5, 5.41) is 0. The second kappa shape index (κ2) is 4.27. The number of sulfonamides is 1. The molecule has 0 aliphatic carbocycles. The summed E-state index contributed by atoms with van der Waals surface area (Å²) in [5.74, 6) is 0.145. The number of hydrogen-bond acceptors (Lipinski definition) is 3. The minimum Gasteiger partial charge on any atom is -0.340 e. The molecule has 0 radical (unpaired) electrons. The Hall–Kier alpha value is -0.620. The van der Waals surface area contributed by atoms with Crippen LogP contribution < -0.4 is 0 Å². The first-order valence-electron chi connectivity index (χ1n) is 4.70. The van der Waals surface area contributed by atoms with Crippen LogP contribution in [0.2, 0.25) is 0 Å². The van der Waals surface area contributed by atoms with Crippen LogP contribution in [0.15, 0.2) is 0 Å². The van der Waals surface area contributed by atoms with Gasteiger partial charge in [0.2, 0.25) is 15.9 Å². The normalized spacial score (nSPS) is 19.7. The number of carbonyl (C=O) groups excluding carboxylic acids is 1. The monoisotopic (exact) mass is 220 g/mol. The van der Waals surface area contributed by atoms with Crippen molar-refractivity contribution in [2.75, 3.05) is 31.9 Å². The molecule has 82 valence electrons. The third-order valence-electron chi connectivity index (χ3n) is 2.44. The van der Waals surface area contributed by atoms with Crippen molar-refractivity contribution in [3.05, 3.63) is 0 Å². The molecule has 5 nitrogen and oxygen atoms in total. The minimum absolute atomic E-state index is 0.0125. The van der Waals surface area contributed by atoms with Gasteiger partial charge in [-0.1, -0.05) is 0 Å². The molecule has 0 aromatic rings. The zero-order valence-electron chi connectivity index (χ0n) is 8.56. The van der Waals surface area contributed by atoms with E-state index in [4.69, 9.17) is 0 Å². The number of nitrogens with zero attached hydrogens (tertiary/aromatic N) is 2. The average Bonchev–Trinajstić information content (AvgIpc) is 2.18. The highest BCUT2D eigenvalue weighted by Gasteiger charge is 2.25. The molecule has 0 aromatic carbocycles. The minimum atomic E-state index is -3.08. The third-order valence-corrected chi connectivity index (χ3v) is 4.32. The van der Waals surface area contributed by atoms with E-state index in [0.29, 0.717) is 26.2 Å². The molecule has 0 saturated carbocycles.